The predicted octanol–water partition coefficient (Wildman–Crippen LogP) is 0.526. The van der Waals surface area contributed by atoms with Gasteiger partial charge < -0.3 is 16.0 Å². The van der Waals surface area contributed by atoms with E-state index in [4.69, 9.17) is 5.73 Å². The molecule has 1 saturated heterocycles. The lowest BCUT2D eigenvalue weighted by molar-refractivity contribution is -0.126. The van der Waals surface area contributed by atoms with Crippen LogP contribution in [0.1, 0.15) is 19.8 Å². The number of hydrogen-bond acceptors (Lipinski definition) is 4. The summed E-state index contributed by atoms with van der Waals surface area (Å²) >= 11 is 1.97. The first-order valence-electron chi connectivity index (χ1n) is 6.55. The van der Waals surface area contributed by atoms with Gasteiger partial charge in [-0.05, 0) is 25.1 Å². The van der Waals surface area contributed by atoms with Crippen LogP contribution in [0.2, 0.25) is 0 Å². The number of rotatable bonds is 7. The third-order valence-electron chi connectivity index (χ3n) is 3.08. The lowest BCUT2D eigenvalue weighted by Gasteiger charge is -2.31. The highest BCUT2D eigenvalue weighted by molar-refractivity contribution is 7.99. The Morgan fingerprint density at radius 1 is 1.59 bits per heavy atom. The number of nitrogens with two attached hydrogens (primary N) is 1. The van der Waals surface area contributed by atoms with Gasteiger partial charge in [-0.3, -0.25) is 4.79 Å². The molecule has 0 saturated carbocycles. The number of thioether (sulfide) groups is 1. The molecule has 100 valence electrons. The second kappa shape index (κ2) is 8.78. The number of likely N-dealkylation sites (tertiary alicyclic amines) is 1. The van der Waals surface area contributed by atoms with Gasteiger partial charge in [0.15, 0.2) is 0 Å². The molecule has 0 radical (unpaired) electrons. The molecule has 3 N–H and O–H groups in total. The molecule has 0 aliphatic carbocycles. The number of carbonyl (C=O) groups excluding carboxylic acids is 1. The molecule has 1 fully saturated rings. The molecule has 0 aromatic heterocycles. The fourth-order valence-electron chi connectivity index (χ4n) is 2.15. The van der Waals surface area contributed by atoms with Gasteiger partial charge >= 0.3 is 0 Å². The Morgan fingerprint density at radius 2 is 2.41 bits per heavy atom. The van der Waals surface area contributed by atoms with Crippen molar-refractivity contribution in [3.8, 4) is 0 Å². The van der Waals surface area contributed by atoms with E-state index in [9.17, 15) is 4.79 Å². The number of piperidine rings is 1. The minimum absolute atomic E-state index is 0.168. The third-order valence-corrected chi connectivity index (χ3v) is 3.96. The van der Waals surface area contributed by atoms with Crippen LogP contribution in [0, 0.1) is 5.92 Å². The summed E-state index contributed by atoms with van der Waals surface area (Å²) in [5.74, 6) is 2.70. The average molecular weight is 259 g/mol. The number of amides is 1. The fourth-order valence-corrected chi connectivity index (χ4v) is 2.83. The van der Waals surface area contributed by atoms with Crippen molar-refractivity contribution in [3.63, 3.8) is 0 Å². The van der Waals surface area contributed by atoms with E-state index < -0.39 is 0 Å². The number of nitrogens with one attached hydrogen (secondary N) is 1. The zero-order valence-corrected chi connectivity index (χ0v) is 11.6. The van der Waals surface area contributed by atoms with E-state index in [1.807, 2.05) is 11.8 Å². The highest BCUT2D eigenvalue weighted by Gasteiger charge is 2.24. The Balaban J connectivity index is 2.25. The third kappa shape index (κ3) is 5.75. The summed E-state index contributed by atoms with van der Waals surface area (Å²) in [6.07, 6.45) is 2.16. The molecule has 0 bridgehead atoms. The molecule has 0 aromatic carbocycles. The van der Waals surface area contributed by atoms with Crippen molar-refractivity contribution in [1.29, 1.82) is 0 Å². The van der Waals surface area contributed by atoms with E-state index >= 15 is 0 Å². The number of nitrogens with zero attached hydrogens (tertiary/aromatic N) is 1. The van der Waals surface area contributed by atoms with Crippen molar-refractivity contribution in [2.24, 2.45) is 11.7 Å². The minimum atomic E-state index is 0.168. The molecule has 4 nitrogen and oxygen atoms in total. The van der Waals surface area contributed by atoms with Crippen molar-refractivity contribution >= 4 is 17.7 Å². The molecule has 1 amide bonds. The van der Waals surface area contributed by atoms with E-state index in [0.717, 1.165) is 32.5 Å². The van der Waals surface area contributed by atoms with Crippen LogP contribution in [0.3, 0.4) is 0 Å². The Bertz CT molecular complexity index is 226. The van der Waals surface area contributed by atoms with Gasteiger partial charge in [0.2, 0.25) is 5.91 Å². The summed E-state index contributed by atoms with van der Waals surface area (Å²) in [4.78, 5) is 14.2. The van der Waals surface area contributed by atoms with Crippen LogP contribution in [0.5, 0.6) is 0 Å². The van der Waals surface area contributed by atoms with Crippen LogP contribution in [0.25, 0.3) is 0 Å². The van der Waals surface area contributed by atoms with Crippen LogP contribution in [-0.2, 0) is 4.79 Å². The lowest BCUT2D eigenvalue weighted by atomic mass is 9.97. The Kier molecular flexibility index (Phi) is 7.64. The molecule has 1 unspecified atom stereocenters. The maximum absolute atomic E-state index is 11.8. The molecule has 1 rings (SSSR count). The molecule has 1 atom stereocenters. The summed E-state index contributed by atoms with van der Waals surface area (Å²) in [7, 11) is 0. The van der Waals surface area contributed by atoms with Gasteiger partial charge in [-0.1, -0.05) is 6.92 Å². The summed E-state index contributed by atoms with van der Waals surface area (Å²) < 4.78 is 0. The highest BCUT2D eigenvalue weighted by Crippen LogP contribution is 2.16. The summed E-state index contributed by atoms with van der Waals surface area (Å²) in [6, 6.07) is 0. The maximum Gasteiger partial charge on any atom is 0.224 e. The quantitative estimate of drug-likeness (QED) is 0.655. The molecule has 1 heterocycles. The second-order valence-corrected chi connectivity index (χ2v) is 5.81. The first kappa shape index (κ1) is 14.8. The van der Waals surface area contributed by atoms with Crippen molar-refractivity contribution in [2.45, 2.75) is 19.8 Å². The van der Waals surface area contributed by atoms with Crippen LogP contribution in [-0.4, -0.2) is 55.0 Å². The van der Waals surface area contributed by atoms with Crippen LogP contribution in [0.15, 0.2) is 0 Å². The summed E-state index contributed by atoms with van der Waals surface area (Å²) in [5, 5.41) is 2.89. The largest absolute Gasteiger partial charge is 0.355 e. The normalized spacial score (nSPS) is 21.4. The molecule has 1 aliphatic rings. The van der Waals surface area contributed by atoms with Crippen molar-refractivity contribution in [2.75, 3.05) is 44.2 Å². The molecule has 1 aliphatic heterocycles. The van der Waals surface area contributed by atoms with Crippen molar-refractivity contribution in [1.82, 2.24) is 10.2 Å². The predicted molar refractivity (Wildman–Crippen MR) is 74.2 cm³/mol. The first-order valence-corrected chi connectivity index (χ1v) is 7.71. The second-order valence-electron chi connectivity index (χ2n) is 4.42. The molecular formula is C12H25N3OS. The van der Waals surface area contributed by atoms with Crippen LogP contribution < -0.4 is 11.1 Å². The van der Waals surface area contributed by atoms with E-state index in [2.05, 4.69) is 17.1 Å². The zero-order valence-electron chi connectivity index (χ0n) is 10.8. The smallest absolute Gasteiger partial charge is 0.224 e. The van der Waals surface area contributed by atoms with Crippen LogP contribution in [0.4, 0.5) is 0 Å². The average Bonchev–Trinajstić information content (AvgIpc) is 2.36. The van der Waals surface area contributed by atoms with Gasteiger partial charge in [-0.25, -0.2) is 0 Å². The molecule has 5 heteroatoms. The topological polar surface area (TPSA) is 58.4 Å². The van der Waals surface area contributed by atoms with E-state index in [0.29, 0.717) is 13.1 Å². The van der Waals surface area contributed by atoms with Crippen molar-refractivity contribution in [3.05, 3.63) is 0 Å². The standard InChI is InChI=1S/C12H25N3OS/c1-2-17-9-8-15-7-3-4-11(10-15)12(16)14-6-5-13/h11H,2-10,13H2,1H3,(H,14,16). The number of carbonyl (C=O) groups is 1. The maximum atomic E-state index is 11.8. The lowest BCUT2D eigenvalue weighted by Crippen LogP contribution is -2.44. The van der Waals surface area contributed by atoms with Gasteiger partial charge in [0.05, 0.1) is 5.92 Å². The Hall–Kier alpha value is -0.260. The molecular weight excluding hydrogens is 234 g/mol. The van der Waals surface area contributed by atoms with Gasteiger partial charge in [0, 0.05) is 31.9 Å². The Labute approximate surface area is 109 Å². The van der Waals surface area contributed by atoms with Gasteiger partial charge in [0.1, 0.15) is 0 Å². The van der Waals surface area contributed by atoms with Crippen LogP contribution >= 0.6 is 11.8 Å². The highest BCUT2D eigenvalue weighted by atomic mass is 32.2. The van der Waals surface area contributed by atoms with E-state index in [1.165, 1.54) is 11.5 Å². The van der Waals surface area contributed by atoms with Crippen molar-refractivity contribution < 1.29 is 4.79 Å². The van der Waals surface area contributed by atoms with E-state index in [-0.39, 0.29) is 11.8 Å². The zero-order chi connectivity index (χ0) is 12.5. The monoisotopic (exact) mass is 259 g/mol. The minimum Gasteiger partial charge on any atom is -0.355 e. The molecule has 17 heavy (non-hydrogen) atoms. The molecule has 0 aromatic rings. The number of hydrogen-bond donors (Lipinski definition) is 2. The summed E-state index contributed by atoms with van der Waals surface area (Å²) in [5.41, 5.74) is 5.39. The van der Waals surface area contributed by atoms with Gasteiger partial charge in [-0.2, -0.15) is 11.8 Å². The first-order chi connectivity index (χ1) is 8.27. The molecule has 0 spiro atoms. The van der Waals surface area contributed by atoms with E-state index in [1.54, 1.807) is 0 Å². The van der Waals surface area contributed by atoms with Gasteiger partial charge in [-0.15, -0.1) is 0 Å². The fraction of sp³-hybridized carbons (Fsp3) is 0.917. The summed E-state index contributed by atoms with van der Waals surface area (Å²) in [6.45, 7) is 6.48. The Morgan fingerprint density at radius 3 is 3.12 bits per heavy atom. The SMILES string of the molecule is CCSCCN1CCCC(C(=O)NCCN)C1. The van der Waals surface area contributed by atoms with Gasteiger partial charge in [0.25, 0.3) is 0 Å².